The summed E-state index contributed by atoms with van der Waals surface area (Å²) in [5.74, 6) is -0.905. The molecule has 0 heterocycles. The maximum atomic E-state index is 10.3. The lowest BCUT2D eigenvalue weighted by Gasteiger charge is -1.92. The van der Waals surface area contributed by atoms with Gasteiger partial charge in [-0.3, -0.25) is 19.2 Å². The van der Waals surface area contributed by atoms with Gasteiger partial charge >= 0.3 is 5.97 Å². The Labute approximate surface area is 181 Å². The number of hydrogen-bond acceptors (Lipinski definition) is 5. The van der Waals surface area contributed by atoms with Gasteiger partial charge < -0.3 is 5.11 Å². The van der Waals surface area contributed by atoms with Crippen LogP contribution in [0.1, 0.15) is 75.2 Å². The van der Waals surface area contributed by atoms with Crippen LogP contribution in [0.4, 0.5) is 0 Å². The molecule has 0 bridgehead atoms. The maximum Gasteiger partial charge on any atom is 0.331 e. The maximum absolute atomic E-state index is 10.3. The highest BCUT2D eigenvalue weighted by Gasteiger charge is 2.04. The van der Waals surface area contributed by atoms with Gasteiger partial charge in [0.2, 0.25) is 0 Å². The Balaban J connectivity index is -0.000000151. The minimum Gasteiger partial charge on any atom is -0.478 e. The number of Topliss-reactive ketones (excluding diaryl/α,β-unsaturated/α-hetero) is 3. The van der Waals surface area contributed by atoms with Crippen molar-refractivity contribution in [1.82, 2.24) is 0 Å². The van der Waals surface area contributed by atoms with E-state index in [1.54, 1.807) is 19.9 Å². The highest BCUT2D eigenvalue weighted by Crippen LogP contribution is 1.97. The SMILES string of the molecule is C/C=C(/C)C(C)=O.C=C(CC(C)=O)C(=O)O.C=C(CC)C(C)=O.CC(=O)C=C(C)C. The van der Waals surface area contributed by atoms with Crippen LogP contribution in [0.2, 0.25) is 0 Å². The van der Waals surface area contributed by atoms with Crippen LogP contribution in [0.25, 0.3) is 0 Å². The molecule has 0 aliphatic rings. The van der Waals surface area contributed by atoms with Crippen LogP contribution in [-0.4, -0.2) is 34.2 Å². The third-order valence-corrected chi connectivity index (χ3v) is 3.17. The summed E-state index contributed by atoms with van der Waals surface area (Å²) in [6.45, 7) is 22.1. The zero-order chi connectivity index (χ0) is 25.0. The van der Waals surface area contributed by atoms with Crippen molar-refractivity contribution in [3.8, 4) is 0 Å². The molecule has 6 heteroatoms. The van der Waals surface area contributed by atoms with Gasteiger partial charge in [0.1, 0.15) is 5.78 Å². The number of allylic oxidation sites excluding steroid dienone is 5. The first-order valence-electron chi connectivity index (χ1n) is 9.41. The average Bonchev–Trinajstić information content (AvgIpc) is 2.59. The third-order valence-electron chi connectivity index (χ3n) is 3.17. The van der Waals surface area contributed by atoms with Gasteiger partial charge in [-0.15, -0.1) is 0 Å². The molecule has 0 spiro atoms. The van der Waals surface area contributed by atoms with E-state index >= 15 is 0 Å². The molecule has 30 heavy (non-hydrogen) atoms. The van der Waals surface area contributed by atoms with Gasteiger partial charge in [0, 0.05) is 12.0 Å². The van der Waals surface area contributed by atoms with Gasteiger partial charge in [0.25, 0.3) is 0 Å². The molecular formula is C24H38O6. The van der Waals surface area contributed by atoms with E-state index in [4.69, 9.17) is 5.11 Å². The molecule has 0 amide bonds. The van der Waals surface area contributed by atoms with Gasteiger partial charge in [0.05, 0.1) is 0 Å². The molecule has 0 atom stereocenters. The van der Waals surface area contributed by atoms with Crippen molar-refractivity contribution in [1.29, 1.82) is 0 Å². The first kappa shape index (κ1) is 34.6. The summed E-state index contributed by atoms with van der Waals surface area (Å²) in [7, 11) is 0. The fourth-order valence-corrected chi connectivity index (χ4v) is 1.23. The molecule has 170 valence electrons. The van der Waals surface area contributed by atoms with Crippen molar-refractivity contribution in [3.05, 3.63) is 47.6 Å². The molecule has 0 rings (SSSR count). The van der Waals surface area contributed by atoms with Crippen LogP contribution < -0.4 is 0 Å². The third kappa shape index (κ3) is 32.8. The van der Waals surface area contributed by atoms with Gasteiger partial charge in [-0.2, -0.15) is 0 Å². The Morgan fingerprint density at radius 1 is 0.800 bits per heavy atom. The number of ketones is 4. The molecule has 0 aliphatic carbocycles. The number of hydrogen-bond donors (Lipinski definition) is 1. The molecule has 0 saturated heterocycles. The average molecular weight is 423 g/mol. The molecule has 0 aromatic rings. The zero-order valence-electron chi connectivity index (χ0n) is 20.0. The Kier molecular flexibility index (Phi) is 24.0. The monoisotopic (exact) mass is 422 g/mol. The molecule has 6 nitrogen and oxygen atoms in total. The van der Waals surface area contributed by atoms with E-state index in [1.807, 2.05) is 40.7 Å². The minimum atomic E-state index is -1.11. The van der Waals surface area contributed by atoms with Crippen molar-refractivity contribution >= 4 is 29.1 Å². The van der Waals surface area contributed by atoms with Crippen LogP contribution in [0.5, 0.6) is 0 Å². The second kappa shape index (κ2) is 20.8. The number of carboxylic acids is 1. The van der Waals surface area contributed by atoms with E-state index in [-0.39, 0.29) is 35.1 Å². The topological polar surface area (TPSA) is 106 Å². The minimum absolute atomic E-state index is 0.0532. The summed E-state index contributed by atoms with van der Waals surface area (Å²) in [4.78, 5) is 51.0. The van der Waals surface area contributed by atoms with Crippen molar-refractivity contribution in [2.45, 2.75) is 75.2 Å². The Hall–Kier alpha value is -2.89. The first-order valence-corrected chi connectivity index (χ1v) is 9.41. The summed E-state index contributed by atoms with van der Waals surface area (Å²) < 4.78 is 0. The van der Waals surface area contributed by atoms with Crippen LogP contribution in [0.3, 0.4) is 0 Å². The van der Waals surface area contributed by atoms with Crippen molar-refractivity contribution in [2.24, 2.45) is 0 Å². The number of aliphatic carboxylic acids is 1. The standard InChI is InChI=1S/C6H8O3.3C6H10O/c1-4(6(8)9)3-5(2)7;1-5(2)4-6(3)7;2*1-4-5(2)6(3)7/h1,3H2,2H3,(H,8,9);2*4H,1-3H3;2,4H2,1,3H3/b;;5-4-;. The Bertz CT molecular complexity index is 686. The van der Waals surface area contributed by atoms with E-state index in [1.165, 1.54) is 13.8 Å². The van der Waals surface area contributed by atoms with Gasteiger partial charge in [-0.05, 0) is 79.0 Å². The molecule has 0 aromatic carbocycles. The lowest BCUT2D eigenvalue weighted by Crippen LogP contribution is -2.02. The summed E-state index contributed by atoms with van der Waals surface area (Å²) in [6.07, 6.45) is 4.13. The normalized spacial score (nSPS) is 9.03. The Morgan fingerprint density at radius 3 is 1.27 bits per heavy atom. The molecule has 0 aliphatic heterocycles. The molecule has 0 unspecified atom stereocenters. The summed E-state index contributed by atoms with van der Waals surface area (Å²) in [5, 5.41) is 8.18. The highest BCUT2D eigenvalue weighted by atomic mass is 16.4. The highest BCUT2D eigenvalue weighted by molar-refractivity contribution is 5.93. The summed E-state index contributed by atoms with van der Waals surface area (Å²) in [5.41, 5.74) is 2.55. The van der Waals surface area contributed by atoms with Crippen molar-refractivity contribution in [2.75, 3.05) is 0 Å². The van der Waals surface area contributed by atoms with Gasteiger partial charge in [-0.1, -0.05) is 31.7 Å². The van der Waals surface area contributed by atoms with Crippen LogP contribution in [0.15, 0.2) is 47.6 Å². The molecule has 0 fully saturated rings. The number of carboxylic acid groups (broad SMARTS) is 1. The van der Waals surface area contributed by atoms with Crippen molar-refractivity contribution in [3.63, 3.8) is 0 Å². The molecular weight excluding hydrogens is 384 g/mol. The number of rotatable bonds is 7. The fraction of sp³-hybridized carbons (Fsp3) is 0.458. The van der Waals surface area contributed by atoms with Crippen LogP contribution in [-0.2, 0) is 24.0 Å². The van der Waals surface area contributed by atoms with E-state index < -0.39 is 5.97 Å². The predicted molar refractivity (Wildman–Crippen MR) is 122 cm³/mol. The van der Waals surface area contributed by atoms with Crippen molar-refractivity contribution < 1.29 is 29.1 Å². The molecule has 0 radical (unpaired) electrons. The second-order valence-corrected chi connectivity index (χ2v) is 6.66. The molecule has 0 saturated carbocycles. The van der Waals surface area contributed by atoms with Gasteiger partial charge in [0.15, 0.2) is 17.3 Å². The second-order valence-electron chi connectivity index (χ2n) is 6.66. The fourth-order valence-electron chi connectivity index (χ4n) is 1.23. The number of carbonyl (C=O) groups is 5. The van der Waals surface area contributed by atoms with Gasteiger partial charge in [-0.25, -0.2) is 4.79 Å². The summed E-state index contributed by atoms with van der Waals surface area (Å²) >= 11 is 0. The molecule has 1 N–H and O–H groups in total. The first-order chi connectivity index (χ1) is 13.5. The van der Waals surface area contributed by atoms with Crippen LogP contribution in [0, 0.1) is 0 Å². The van der Waals surface area contributed by atoms with E-state index in [0.29, 0.717) is 5.57 Å². The van der Waals surface area contributed by atoms with Crippen LogP contribution >= 0.6 is 0 Å². The largest absolute Gasteiger partial charge is 0.478 e. The quantitative estimate of drug-likeness (QED) is 0.563. The van der Waals surface area contributed by atoms with E-state index in [0.717, 1.165) is 17.6 Å². The zero-order valence-corrected chi connectivity index (χ0v) is 20.0. The van der Waals surface area contributed by atoms with E-state index in [9.17, 15) is 24.0 Å². The lowest BCUT2D eigenvalue weighted by molar-refractivity contribution is -0.133. The smallest absolute Gasteiger partial charge is 0.331 e. The summed E-state index contributed by atoms with van der Waals surface area (Å²) in [6, 6.07) is 0. The van der Waals surface area contributed by atoms with E-state index in [2.05, 4.69) is 13.2 Å². The lowest BCUT2D eigenvalue weighted by atomic mass is 10.2. The molecule has 0 aromatic heterocycles. The predicted octanol–water partition coefficient (Wildman–Crippen LogP) is 5.23. The number of carbonyl (C=O) groups excluding carboxylic acids is 4. The Morgan fingerprint density at radius 2 is 1.23 bits per heavy atom.